The molecule has 3 rings (SSSR count). The molecule has 0 unspecified atom stereocenters. The molecule has 26 heavy (non-hydrogen) atoms. The molecule has 0 saturated heterocycles. The van der Waals surface area contributed by atoms with E-state index in [2.05, 4.69) is 0 Å². The van der Waals surface area contributed by atoms with Gasteiger partial charge in [0.15, 0.2) is 6.61 Å². The van der Waals surface area contributed by atoms with Crippen LogP contribution in [-0.4, -0.2) is 36.5 Å². The molecule has 0 bridgehead atoms. The molecule has 0 spiro atoms. The molecule has 1 heterocycles. The first-order valence-corrected chi connectivity index (χ1v) is 8.50. The molecule has 2 aromatic rings. The summed E-state index contributed by atoms with van der Waals surface area (Å²) in [5.41, 5.74) is 2.92. The molecule has 4 nitrogen and oxygen atoms in total. The molecule has 1 amide bonds. The minimum absolute atomic E-state index is 0.103. The van der Waals surface area contributed by atoms with Gasteiger partial charge in [-0.3, -0.25) is 4.79 Å². The maximum atomic E-state index is 13.5. The Hall–Kier alpha value is -2.95. The zero-order valence-corrected chi connectivity index (χ0v) is 14.6. The van der Waals surface area contributed by atoms with E-state index in [1.165, 1.54) is 17.7 Å². The van der Waals surface area contributed by atoms with Gasteiger partial charge in [0.05, 0.1) is 5.56 Å². The van der Waals surface area contributed by atoms with Crippen LogP contribution in [0.4, 0.5) is 4.39 Å². The highest BCUT2D eigenvalue weighted by Gasteiger charge is 2.20. The normalized spacial score (nSPS) is 13.9. The Morgan fingerprint density at radius 3 is 2.58 bits per heavy atom. The number of halogens is 1. The van der Waals surface area contributed by atoms with Crippen molar-refractivity contribution in [2.45, 2.75) is 13.3 Å². The number of carbonyl (C=O) groups is 2. The Labute approximate surface area is 151 Å². The van der Waals surface area contributed by atoms with Crippen molar-refractivity contribution in [2.24, 2.45) is 0 Å². The van der Waals surface area contributed by atoms with E-state index in [0.717, 1.165) is 18.1 Å². The van der Waals surface area contributed by atoms with Gasteiger partial charge in [-0.25, -0.2) is 9.18 Å². The summed E-state index contributed by atoms with van der Waals surface area (Å²) in [5, 5.41) is 0. The quantitative estimate of drug-likeness (QED) is 0.789. The second kappa shape index (κ2) is 7.95. The van der Waals surface area contributed by atoms with E-state index < -0.39 is 11.8 Å². The zero-order chi connectivity index (χ0) is 18.5. The first kappa shape index (κ1) is 17.9. The van der Waals surface area contributed by atoms with Crippen LogP contribution in [0.2, 0.25) is 0 Å². The summed E-state index contributed by atoms with van der Waals surface area (Å²) in [7, 11) is 0. The number of benzene rings is 2. The van der Waals surface area contributed by atoms with Gasteiger partial charge >= 0.3 is 5.97 Å². The third-order valence-corrected chi connectivity index (χ3v) is 4.44. The number of nitrogens with zero attached hydrogens (tertiary/aromatic N) is 1. The van der Waals surface area contributed by atoms with Gasteiger partial charge in [-0.15, -0.1) is 0 Å². The van der Waals surface area contributed by atoms with E-state index in [4.69, 9.17) is 4.74 Å². The number of ether oxygens (including phenoxy) is 1. The summed E-state index contributed by atoms with van der Waals surface area (Å²) < 4.78 is 18.5. The fourth-order valence-electron chi connectivity index (χ4n) is 2.83. The molecule has 2 aromatic carbocycles. The fourth-order valence-corrected chi connectivity index (χ4v) is 2.83. The molecule has 0 aliphatic carbocycles. The lowest BCUT2D eigenvalue weighted by molar-refractivity contribution is -0.134. The van der Waals surface area contributed by atoms with Crippen molar-refractivity contribution in [1.82, 2.24) is 4.90 Å². The number of rotatable bonds is 4. The lowest BCUT2D eigenvalue weighted by Crippen LogP contribution is -2.37. The van der Waals surface area contributed by atoms with Gasteiger partial charge < -0.3 is 9.64 Å². The molecular formula is C21H20FNO3. The Bertz CT molecular complexity index is 846. The maximum Gasteiger partial charge on any atom is 0.338 e. The molecule has 134 valence electrons. The van der Waals surface area contributed by atoms with E-state index >= 15 is 0 Å². The average molecular weight is 353 g/mol. The second-order valence-electron chi connectivity index (χ2n) is 6.23. The Kier molecular flexibility index (Phi) is 5.46. The van der Waals surface area contributed by atoms with Crippen molar-refractivity contribution in [3.63, 3.8) is 0 Å². The van der Waals surface area contributed by atoms with E-state index in [9.17, 15) is 14.0 Å². The second-order valence-corrected chi connectivity index (χ2v) is 6.23. The third kappa shape index (κ3) is 4.17. The smallest absolute Gasteiger partial charge is 0.338 e. The number of esters is 1. The highest BCUT2D eigenvalue weighted by atomic mass is 19.1. The molecule has 0 N–H and O–H groups in total. The third-order valence-electron chi connectivity index (χ3n) is 4.44. The maximum absolute atomic E-state index is 13.5. The van der Waals surface area contributed by atoms with Gasteiger partial charge in [0.1, 0.15) is 5.82 Å². The SMILES string of the molecule is Cc1ccc(C(=O)OCC(=O)N2CC=C(c3ccccc3)CC2)cc1F. The Balaban J connectivity index is 1.53. The van der Waals surface area contributed by atoms with Crippen molar-refractivity contribution in [3.05, 3.63) is 77.1 Å². The summed E-state index contributed by atoms with van der Waals surface area (Å²) >= 11 is 0. The van der Waals surface area contributed by atoms with Crippen LogP contribution < -0.4 is 0 Å². The number of aryl methyl sites for hydroxylation is 1. The van der Waals surface area contributed by atoms with E-state index in [1.807, 2.05) is 36.4 Å². The van der Waals surface area contributed by atoms with Crippen LogP contribution in [-0.2, 0) is 9.53 Å². The highest BCUT2D eigenvalue weighted by molar-refractivity contribution is 5.91. The van der Waals surface area contributed by atoms with Crippen LogP contribution in [0.25, 0.3) is 5.57 Å². The molecule has 1 aliphatic rings. The molecule has 0 atom stereocenters. The average Bonchev–Trinajstić information content (AvgIpc) is 2.68. The minimum atomic E-state index is -0.699. The molecule has 0 fully saturated rings. The van der Waals surface area contributed by atoms with Crippen molar-refractivity contribution in [1.29, 1.82) is 0 Å². The van der Waals surface area contributed by atoms with E-state index in [-0.39, 0.29) is 18.1 Å². The van der Waals surface area contributed by atoms with E-state index in [1.54, 1.807) is 11.8 Å². The van der Waals surface area contributed by atoms with Crippen LogP contribution in [0.3, 0.4) is 0 Å². The molecule has 1 aliphatic heterocycles. The van der Waals surface area contributed by atoms with Crippen molar-refractivity contribution >= 4 is 17.4 Å². The standard InChI is InChI=1S/C21H20FNO3/c1-15-7-8-18(13-19(15)22)21(25)26-14-20(24)23-11-9-17(10-12-23)16-5-3-2-4-6-16/h2-9,13H,10-12,14H2,1H3. The predicted octanol–water partition coefficient (Wildman–Crippen LogP) is 3.61. The van der Waals surface area contributed by atoms with Crippen molar-refractivity contribution in [3.8, 4) is 0 Å². The highest BCUT2D eigenvalue weighted by Crippen LogP contribution is 2.22. The van der Waals surface area contributed by atoms with Crippen molar-refractivity contribution < 1.29 is 18.7 Å². The van der Waals surface area contributed by atoms with Crippen molar-refractivity contribution in [2.75, 3.05) is 19.7 Å². The molecule has 0 saturated carbocycles. The largest absolute Gasteiger partial charge is 0.452 e. The van der Waals surface area contributed by atoms with Gasteiger partial charge in [0, 0.05) is 13.1 Å². The Morgan fingerprint density at radius 2 is 1.92 bits per heavy atom. The van der Waals surface area contributed by atoms with Gasteiger partial charge in [-0.2, -0.15) is 0 Å². The zero-order valence-electron chi connectivity index (χ0n) is 14.6. The summed E-state index contributed by atoms with van der Waals surface area (Å²) in [6.07, 6.45) is 2.78. The van der Waals surface area contributed by atoms with Crippen LogP contribution >= 0.6 is 0 Å². The fraction of sp³-hybridized carbons (Fsp3) is 0.238. The number of amides is 1. The molecule has 0 aromatic heterocycles. The van der Waals surface area contributed by atoms with Crippen LogP contribution in [0.1, 0.15) is 27.9 Å². The number of hydrogen-bond donors (Lipinski definition) is 0. The topological polar surface area (TPSA) is 46.6 Å². The molecule has 5 heteroatoms. The summed E-state index contributed by atoms with van der Waals surface area (Å²) in [6.45, 7) is 2.33. The summed E-state index contributed by atoms with van der Waals surface area (Å²) in [4.78, 5) is 25.9. The predicted molar refractivity (Wildman–Crippen MR) is 97.0 cm³/mol. The van der Waals surface area contributed by atoms with Gasteiger partial charge in [0.2, 0.25) is 0 Å². The van der Waals surface area contributed by atoms with Crippen LogP contribution in [0.5, 0.6) is 0 Å². The van der Waals surface area contributed by atoms with Crippen LogP contribution in [0, 0.1) is 12.7 Å². The van der Waals surface area contributed by atoms with Crippen LogP contribution in [0.15, 0.2) is 54.6 Å². The minimum Gasteiger partial charge on any atom is -0.452 e. The van der Waals surface area contributed by atoms with Gasteiger partial charge in [0.25, 0.3) is 5.91 Å². The lowest BCUT2D eigenvalue weighted by atomic mass is 10.00. The lowest BCUT2D eigenvalue weighted by Gasteiger charge is -2.26. The number of carbonyl (C=O) groups excluding carboxylic acids is 2. The molecule has 0 radical (unpaired) electrons. The monoisotopic (exact) mass is 353 g/mol. The summed E-state index contributed by atoms with van der Waals surface area (Å²) in [6, 6.07) is 14.2. The first-order valence-electron chi connectivity index (χ1n) is 8.50. The first-order chi connectivity index (χ1) is 12.5. The van der Waals surface area contributed by atoms with E-state index in [0.29, 0.717) is 18.7 Å². The molecular weight excluding hydrogens is 333 g/mol. The number of hydrogen-bond acceptors (Lipinski definition) is 3. The Morgan fingerprint density at radius 1 is 1.15 bits per heavy atom. The summed E-state index contributed by atoms with van der Waals surface area (Å²) in [5.74, 6) is -1.43. The van der Waals surface area contributed by atoms with Gasteiger partial charge in [-0.1, -0.05) is 42.5 Å². The van der Waals surface area contributed by atoms with Gasteiger partial charge in [-0.05, 0) is 42.2 Å².